The smallest absolute Gasteiger partial charge is 0.224 e. The molecule has 156 valence electrons. The van der Waals surface area contributed by atoms with Crippen LogP contribution in [0, 0.1) is 0 Å². The van der Waals surface area contributed by atoms with Crippen LogP contribution in [0.3, 0.4) is 0 Å². The normalized spacial score (nSPS) is 11.6. The van der Waals surface area contributed by atoms with Crippen LogP contribution in [0.4, 0.5) is 0 Å². The standard InChI is InChI=1S/C26H29NO3/c1-4-29-24-16-15-23(18-25(24)30-5-2)19(3)27-26(28)17-20-11-13-22(14-12-20)21-9-7-6-8-10-21/h6-16,18-19H,4-5,17H2,1-3H3,(H,27,28). The number of carbonyl (C=O) groups is 1. The van der Waals surface area contributed by atoms with E-state index in [1.165, 1.54) is 5.56 Å². The molecule has 1 atom stereocenters. The van der Waals surface area contributed by atoms with Crippen LogP contribution in [-0.4, -0.2) is 19.1 Å². The number of amides is 1. The van der Waals surface area contributed by atoms with E-state index in [-0.39, 0.29) is 11.9 Å². The topological polar surface area (TPSA) is 47.6 Å². The molecule has 0 aromatic heterocycles. The van der Waals surface area contributed by atoms with Gasteiger partial charge in [0, 0.05) is 0 Å². The molecular weight excluding hydrogens is 374 g/mol. The van der Waals surface area contributed by atoms with Crippen molar-refractivity contribution in [2.24, 2.45) is 0 Å². The van der Waals surface area contributed by atoms with Gasteiger partial charge in [-0.1, -0.05) is 60.7 Å². The Morgan fingerprint density at radius 2 is 1.47 bits per heavy atom. The zero-order valence-electron chi connectivity index (χ0n) is 17.9. The van der Waals surface area contributed by atoms with Crippen molar-refractivity contribution in [2.45, 2.75) is 33.2 Å². The summed E-state index contributed by atoms with van der Waals surface area (Å²) < 4.78 is 11.3. The molecule has 0 spiro atoms. The minimum atomic E-state index is -0.129. The number of hydrogen-bond acceptors (Lipinski definition) is 3. The second kappa shape index (κ2) is 10.5. The average Bonchev–Trinajstić information content (AvgIpc) is 2.76. The Balaban J connectivity index is 1.62. The number of rotatable bonds is 9. The number of carbonyl (C=O) groups excluding carboxylic acids is 1. The second-order valence-electron chi connectivity index (χ2n) is 7.10. The molecule has 0 aliphatic rings. The lowest BCUT2D eigenvalue weighted by Gasteiger charge is -2.17. The SMILES string of the molecule is CCOc1ccc(C(C)NC(=O)Cc2ccc(-c3ccccc3)cc2)cc1OCC. The third-order valence-electron chi connectivity index (χ3n) is 4.87. The highest BCUT2D eigenvalue weighted by atomic mass is 16.5. The summed E-state index contributed by atoms with van der Waals surface area (Å²) in [4.78, 5) is 12.6. The molecule has 3 aromatic rings. The van der Waals surface area contributed by atoms with E-state index in [1.807, 2.05) is 69.3 Å². The van der Waals surface area contributed by atoms with E-state index in [0.29, 0.717) is 25.4 Å². The third-order valence-corrected chi connectivity index (χ3v) is 4.87. The van der Waals surface area contributed by atoms with Crippen molar-refractivity contribution < 1.29 is 14.3 Å². The molecule has 3 aromatic carbocycles. The van der Waals surface area contributed by atoms with Gasteiger partial charge in [0.05, 0.1) is 25.7 Å². The quantitative estimate of drug-likeness (QED) is 0.508. The van der Waals surface area contributed by atoms with Crippen molar-refractivity contribution >= 4 is 5.91 Å². The van der Waals surface area contributed by atoms with E-state index in [4.69, 9.17) is 9.47 Å². The summed E-state index contributed by atoms with van der Waals surface area (Å²) in [6.45, 7) is 7.00. The van der Waals surface area contributed by atoms with Gasteiger partial charge < -0.3 is 14.8 Å². The van der Waals surface area contributed by atoms with Crippen molar-refractivity contribution in [1.82, 2.24) is 5.32 Å². The lowest BCUT2D eigenvalue weighted by molar-refractivity contribution is -0.121. The molecule has 1 amide bonds. The Morgan fingerprint density at radius 3 is 2.13 bits per heavy atom. The number of benzene rings is 3. The number of hydrogen-bond donors (Lipinski definition) is 1. The van der Waals surface area contributed by atoms with Gasteiger partial charge in [0.2, 0.25) is 5.91 Å². The van der Waals surface area contributed by atoms with Crippen LogP contribution >= 0.6 is 0 Å². The Bertz CT molecular complexity index is 952. The molecule has 0 saturated carbocycles. The van der Waals surface area contributed by atoms with E-state index >= 15 is 0 Å². The van der Waals surface area contributed by atoms with Crippen molar-refractivity contribution in [2.75, 3.05) is 13.2 Å². The minimum absolute atomic E-state index is 0.0122. The maximum absolute atomic E-state index is 12.6. The fourth-order valence-electron chi connectivity index (χ4n) is 3.34. The first-order valence-corrected chi connectivity index (χ1v) is 10.4. The van der Waals surface area contributed by atoms with E-state index in [9.17, 15) is 4.79 Å². The van der Waals surface area contributed by atoms with E-state index in [1.54, 1.807) is 0 Å². The number of nitrogens with one attached hydrogen (secondary N) is 1. The Hall–Kier alpha value is -3.27. The van der Waals surface area contributed by atoms with Crippen LogP contribution in [-0.2, 0) is 11.2 Å². The number of ether oxygens (including phenoxy) is 2. The van der Waals surface area contributed by atoms with Gasteiger partial charge in [-0.15, -0.1) is 0 Å². The monoisotopic (exact) mass is 403 g/mol. The molecule has 1 unspecified atom stereocenters. The molecule has 3 rings (SSSR count). The van der Waals surface area contributed by atoms with Crippen molar-refractivity contribution in [3.8, 4) is 22.6 Å². The Morgan fingerprint density at radius 1 is 0.833 bits per heavy atom. The molecule has 0 heterocycles. The Kier molecular flexibility index (Phi) is 7.50. The van der Waals surface area contributed by atoms with Crippen molar-refractivity contribution in [3.63, 3.8) is 0 Å². The summed E-state index contributed by atoms with van der Waals surface area (Å²) in [7, 11) is 0. The average molecular weight is 404 g/mol. The molecule has 4 nitrogen and oxygen atoms in total. The van der Waals surface area contributed by atoms with Gasteiger partial charge in [0.15, 0.2) is 11.5 Å². The third kappa shape index (κ3) is 5.63. The van der Waals surface area contributed by atoms with Gasteiger partial charge in [0.1, 0.15) is 0 Å². The zero-order chi connectivity index (χ0) is 21.3. The molecule has 1 N–H and O–H groups in total. The predicted molar refractivity (Wildman–Crippen MR) is 121 cm³/mol. The molecule has 0 bridgehead atoms. The van der Waals surface area contributed by atoms with E-state index in [0.717, 1.165) is 22.4 Å². The first-order chi connectivity index (χ1) is 14.6. The lowest BCUT2D eigenvalue weighted by atomic mass is 10.0. The summed E-state index contributed by atoms with van der Waals surface area (Å²) in [5, 5.41) is 3.08. The minimum Gasteiger partial charge on any atom is -0.490 e. The fourth-order valence-corrected chi connectivity index (χ4v) is 3.34. The predicted octanol–water partition coefficient (Wildman–Crippen LogP) is 5.57. The summed E-state index contributed by atoms with van der Waals surface area (Å²) in [6, 6.07) is 24.0. The van der Waals surface area contributed by atoms with Crippen LogP contribution in [0.1, 0.15) is 37.9 Å². The summed E-state index contributed by atoms with van der Waals surface area (Å²) >= 11 is 0. The highest BCUT2D eigenvalue weighted by molar-refractivity contribution is 5.79. The van der Waals surface area contributed by atoms with Crippen LogP contribution in [0.15, 0.2) is 72.8 Å². The van der Waals surface area contributed by atoms with Crippen molar-refractivity contribution in [1.29, 1.82) is 0 Å². The van der Waals surface area contributed by atoms with Gasteiger partial charge in [-0.25, -0.2) is 0 Å². The fraction of sp³-hybridized carbons (Fsp3) is 0.269. The molecule has 0 radical (unpaired) electrons. The summed E-state index contributed by atoms with van der Waals surface area (Å²) in [5.41, 5.74) is 4.28. The highest BCUT2D eigenvalue weighted by Gasteiger charge is 2.14. The van der Waals surface area contributed by atoms with Crippen LogP contribution in [0.2, 0.25) is 0 Å². The lowest BCUT2D eigenvalue weighted by Crippen LogP contribution is -2.28. The zero-order valence-corrected chi connectivity index (χ0v) is 17.9. The summed E-state index contributed by atoms with van der Waals surface area (Å²) in [6.07, 6.45) is 0.342. The van der Waals surface area contributed by atoms with Gasteiger partial charge >= 0.3 is 0 Å². The first kappa shape index (κ1) is 21.4. The maximum Gasteiger partial charge on any atom is 0.224 e. The molecule has 4 heteroatoms. The molecule has 0 aliphatic heterocycles. The molecule has 30 heavy (non-hydrogen) atoms. The molecule has 0 aliphatic carbocycles. The maximum atomic E-state index is 12.6. The van der Waals surface area contributed by atoms with Gasteiger partial charge in [-0.05, 0) is 55.2 Å². The second-order valence-corrected chi connectivity index (χ2v) is 7.10. The van der Waals surface area contributed by atoms with E-state index in [2.05, 4.69) is 29.6 Å². The molecule has 0 fully saturated rings. The van der Waals surface area contributed by atoms with E-state index < -0.39 is 0 Å². The van der Waals surface area contributed by atoms with Gasteiger partial charge in [0.25, 0.3) is 0 Å². The van der Waals surface area contributed by atoms with Crippen LogP contribution in [0.25, 0.3) is 11.1 Å². The van der Waals surface area contributed by atoms with Gasteiger partial charge in [-0.3, -0.25) is 4.79 Å². The van der Waals surface area contributed by atoms with Crippen LogP contribution < -0.4 is 14.8 Å². The van der Waals surface area contributed by atoms with Crippen LogP contribution in [0.5, 0.6) is 11.5 Å². The summed E-state index contributed by atoms with van der Waals surface area (Å²) in [5.74, 6) is 1.41. The molecule has 0 saturated heterocycles. The Labute approximate surface area is 178 Å². The van der Waals surface area contributed by atoms with Gasteiger partial charge in [-0.2, -0.15) is 0 Å². The first-order valence-electron chi connectivity index (χ1n) is 10.4. The molecular formula is C26H29NO3. The van der Waals surface area contributed by atoms with Crippen molar-refractivity contribution in [3.05, 3.63) is 83.9 Å². The largest absolute Gasteiger partial charge is 0.490 e. The highest BCUT2D eigenvalue weighted by Crippen LogP contribution is 2.30.